The highest BCUT2D eigenvalue weighted by atomic mass is 19.3. The second-order valence-electron chi connectivity index (χ2n) is 4.07. The first-order valence-corrected chi connectivity index (χ1v) is 5.93. The summed E-state index contributed by atoms with van der Waals surface area (Å²) in [6.07, 6.45) is -1.21. The minimum atomic E-state index is -2.53. The molecule has 0 saturated heterocycles. The molecule has 0 aliphatic carbocycles. The van der Waals surface area contributed by atoms with Crippen molar-refractivity contribution >= 4 is 6.21 Å². The van der Waals surface area contributed by atoms with Gasteiger partial charge >= 0.3 is 0 Å². The van der Waals surface area contributed by atoms with Gasteiger partial charge in [0.05, 0.1) is 6.21 Å². The fraction of sp³-hybridized carbons (Fsp3) is 0.133. The molecule has 2 nitrogen and oxygen atoms in total. The molecule has 0 atom stereocenters. The van der Waals surface area contributed by atoms with Crippen LogP contribution in [0.2, 0.25) is 0 Å². The number of benzene rings is 2. The summed E-state index contributed by atoms with van der Waals surface area (Å²) >= 11 is 0. The molecule has 0 heterocycles. The molecule has 0 aliphatic rings. The van der Waals surface area contributed by atoms with Crippen molar-refractivity contribution < 1.29 is 18.0 Å². The van der Waals surface area contributed by atoms with Gasteiger partial charge in [-0.05, 0) is 17.7 Å². The lowest BCUT2D eigenvalue weighted by atomic mass is 10.1. The molecule has 2 aromatic rings. The molecule has 0 N–H and O–H groups in total. The molecule has 2 rings (SSSR count). The molecule has 20 heavy (non-hydrogen) atoms. The van der Waals surface area contributed by atoms with Gasteiger partial charge in [0.15, 0.2) is 0 Å². The molecule has 0 spiro atoms. The van der Waals surface area contributed by atoms with Gasteiger partial charge in [0.2, 0.25) is 0 Å². The van der Waals surface area contributed by atoms with Gasteiger partial charge in [0, 0.05) is 11.1 Å². The summed E-state index contributed by atoms with van der Waals surface area (Å²) in [7, 11) is 0. The number of rotatable bonds is 5. The molecular formula is C15H12F3NO. The van der Waals surface area contributed by atoms with Crippen LogP contribution in [0.1, 0.15) is 23.1 Å². The van der Waals surface area contributed by atoms with E-state index in [2.05, 4.69) is 5.16 Å². The topological polar surface area (TPSA) is 21.6 Å². The normalized spacial score (nSPS) is 11.2. The molecule has 2 aromatic carbocycles. The Kier molecular flexibility index (Phi) is 4.76. The average Bonchev–Trinajstić information content (AvgIpc) is 2.45. The zero-order chi connectivity index (χ0) is 14.4. The number of nitrogens with zero attached hydrogens (tertiary/aromatic N) is 1. The van der Waals surface area contributed by atoms with Crippen LogP contribution in [0, 0.1) is 5.82 Å². The fourth-order valence-electron chi connectivity index (χ4n) is 1.60. The standard InChI is InChI=1S/C15H12F3NO/c16-14-7-2-1-5-13(14)10-20-19-9-11-4-3-6-12(8-11)15(17)18/h1-9,15H,10H2. The second-order valence-corrected chi connectivity index (χ2v) is 4.07. The van der Waals surface area contributed by atoms with Crippen LogP contribution >= 0.6 is 0 Å². The van der Waals surface area contributed by atoms with Crippen molar-refractivity contribution in [2.75, 3.05) is 0 Å². The number of halogens is 3. The van der Waals surface area contributed by atoms with Crippen LogP contribution in [0.25, 0.3) is 0 Å². The SMILES string of the molecule is Fc1ccccc1CON=Cc1cccc(C(F)F)c1. The molecule has 0 unspecified atom stereocenters. The first-order valence-electron chi connectivity index (χ1n) is 5.93. The van der Waals surface area contributed by atoms with Crippen LogP contribution in [0.3, 0.4) is 0 Å². The summed E-state index contributed by atoms with van der Waals surface area (Å²) in [5.74, 6) is -0.373. The molecule has 0 fully saturated rings. The third-order valence-corrected chi connectivity index (χ3v) is 2.62. The Morgan fingerprint density at radius 2 is 1.90 bits per heavy atom. The highest BCUT2D eigenvalue weighted by Gasteiger charge is 2.06. The Bertz CT molecular complexity index is 599. The first-order chi connectivity index (χ1) is 9.66. The van der Waals surface area contributed by atoms with E-state index < -0.39 is 6.43 Å². The average molecular weight is 279 g/mol. The summed E-state index contributed by atoms with van der Waals surface area (Å²) in [5, 5.41) is 3.64. The van der Waals surface area contributed by atoms with Crippen LogP contribution in [0.15, 0.2) is 53.7 Å². The largest absolute Gasteiger partial charge is 0.391 e. The maximum Gasteiger partial charge on any atom is 0.263 e. The van der Waals surface area contributed by atoms with Gasteiger partial charge in [0.25, 0.3) is 6.43 Å². The molecule has 0 radical (unpaired) electrons. The first kappa shape index (κ1) is 14.1. The van der Waals surface area contributed by atoms with E-state index in [0.717, 1.165) is 0 Å². The summed E-state index contributed by atoms with van der Waals surface area (Å²) in [4.78, 5) is 4.95. The van der Waals surface area contributed by atoms with E-state index in [1.54, 1.807) is 24.3 Å². The van der Waals surface area contributed by atoms with Crippen molar-refractivity contribution in [1.29, 1.82) is 0 Å². The number of alkyl halides is 2. The van der Waals surface area contributed by atoms with Crippen molar-refractivity contribution in [3.8, 4) is 0 Å². The summed E-state index contributed by atoms with van der Waals surface area (Å²) in [6, 6.07) is 12.0. The van der Waals surface area contributed by atoms with Gasteiger partial charge in [-0.1, -0.05) is 41.6 Å². The fourth-order valence-corrected chi connectivity index (χ4v) is 1.60. The Morgan fingerprint density at radius 1 is 1.10 bits per heavy atom. The van der Waals surface area contributed by atoms with Crippen molar-refractivity contribution in [2.24, 2.45) is 5.16 Å². The minimum absolute atomic E-state index is 0.0162. The Hall–Kier alpha value is -2.30. The summed E-state index contributed by atoms with van der Waals surface area (Å²) < 4.78 is 38.2. The minimum Gasteiger partial charge on any atom is -0.391 e. The lowest BCUT2D eigenvalue weighted by molar-refractivity contribution is 0.129. The quantitative estimate of drug-likeness (QED) is 0.590. The monoisotopic (exact) mass is 279 g/mol. The molecule has 0 aliphatic heterocycles. The number of oxime groups is 1. The molecular weight excluding hydrogens is 267 g/mol. The Morgan fingerprint density at radius 3 is 2.65 bits per heavy atom. The second kappa shape index (κ2) is 6.75. The predicted octanol–water partition coefficient (Wildman–Crippen LogP) is 4.31. The van der Waals surface area contributed by atoms with Gasteiger partial charge in [-0.15, -0.1) is 0 Å². The van der Waals surface area contributed by atoms with Crippen LogP contribution in [0.5, 0.6) is 0 Å². The van der Waals surface area contributed by atoms with E-state index in [1.165, 1.54) is 30.5 Å². The van der Waals surface area contributed by atoms with Gasteiger partial charge in [-0.25, -0.2) is 13.2 Å². The van der Waals surface area contributed by atoms with Gasteiger partial charge in [0.1, 0.15) is 12.4 Å². The third-order valence-electron chi connectivity index (χ3n) is 2.62. The maximum atomic E-state index is 13.3. The Labute approximate surface area is 114 Å². The molecule has 0 bridgehead atoms. The molecule has 0 aromatic heterocycles. The van der Waals surface area contributed by atoms with Crippen molar-refractivity contribution in [1.82, 2.24) is 0 Å². The third kappa shape index (κ3) is 3.85. The highest BCUT2D eigenvalue weighted by Crippen LogP contribution is 2.18. The zero-order valence-electron chi connectivity index (χ0n) is 10.5. The number of hydrogen-bond donors (Lipinski definition) is 0. The van der Waals surface area contributed by atoms with E-state index in [-0.39, 0.29) is 18.0 Å². The van der Waals surface area contributed by atoms with Gasteiger partial charge in [-0.3, -0.25) is 0 Å². The van der Waals surface area contributed by atoms with E-state index in [4.69, 9.17) is 4.84 Å². The van der Waals surface area contributed by atoms with E-state index in [1.807, 2.05) is 0 Å². The lowest BCUT2D eigenvalue weighted by Gasteiger charge is -2.02. The Balaban J connectivity index is 1.94. The van der Waals surface area contributed by atoms with Gasteiger partial charge < -0.3 is 4.84 Å². The van der Waals surface area contributed by atoms with Crippen molar-refractivity contribution in [2.45, 2.75) is 13.0 Å². The van der Waals surface area contributed by atoms with Crippen molar-refractivity contribution in [3.63, 3.8) is 0 Å². The maximum absolute atomic E-state index is 13.3. The van der Waals surface area contributed by atoms with Crippen LogP contribution < -0.4 is 0 Å². The lowest BCUT2D eigenvalue weighted by Crippen LogP contribution is -1.92. The molecule has 104 valence electrons. The molecule has 0 saturated carbocycles. The highest BCUT2D eigenvalue weighted by molar-refractivity contribution is 5.79. The smallest absolute Gasteiger partial charge is 0.263 e. The van der Waals surface area contributed by atoms with Gasteiger partial charge in [-0.2, -0.15) is 0 Å². The zero-order valence-corrected chi connectivity index (χ0v) is 10.5. The van der Waals surface area contributed by atoms with Crippen LogP contribution in [-0.4, -0.2) is 6.21 Å². The van der Waals surface area contributed by atoms with Crippen LogP contribution in [0.4, 0.5) is 13.2 Å². The van der Waals surface area contributed by atoms with Crippen LogP contribution in [-0.2, 0) is 11.4 Å². The van der Waals surface area contributed by atoms with E-state index >= 15 is 0 Å². The predicted molar refractivity (Wildman–Crippen MR) is 70.2 cm³/mol. The summed E-state index contributed by atoms with van der Waals surface area (Å²) in [6.45, 7) is -0.0162. The molecule has 0 amide bonds. The molecule has 5 heteroatoms. The van der Waals surface area contributed by atoms with E-state index in [9.17, 15) is 13.2 Å². The number of hydrogen-bond acceptors (Lipinski definition) is 2. The van der Waals surface area contributed by atoms with Crippen molar-refractivity contribution in [3.05, 3.63) is 71.0 Å². The summed E-state index contributed by atoms with van der Waals surface area (Å²) in [5.41, 5.74) is 0.797. The van der Waals surface area contributed by atoms with E-state index in [0.29, 0.717) is 11.1 Å².